The Labute approximate surface area is 88.2 Å². The van der Waals surface area contributed by atoms with Crippen LogP contribution in [0.4, 0.5) is 4.39 Å². The largest absolute Gasteiger partial charge is 0.478 e. The van der Waals surface area contributed by atoms with Crippen LogP contribution >= 0.6 is 22.6 Å². The molecule has 0 bridgehead atoms. The zero-order chi connectivity index (χ0) is 9.84. The smallest absolute Gasteiger partial charge is 0.328 e. The Bertz CT molecular complexity index is 361. The van der Waals surface area contributed by atoms with Crippen molar-refractivity contribution in [3.63, 3.8) is 0 Å². The summed E-state index contributed by atoms with van der Waals surface area (Å²) in [6, 6.07) is 4.60. The van der Waals surface area contributed by atoms with Crippen LogP contribution in [-0.4, -0.2) is 11.1 Å². The van der Waals surface area contributed by atoms with Crippen LogP contribution in [0, 0.1) is 9.39 Å². The first kappa shape index (κ1) is 10.2. The van der Waals surface area contributed by atoms with E-state index in [9.17, 15) is 9.18 Å². The second kappa shape index (κ2) is 4.36. The van der Waals surface area contributed by atoms with Crippen molar-refractivity contribution in [3.05, 3.63) is 39.2 Å². The molecule has 2 nitrogen and oxygen atoms in total. The molecule has 0 aliphatic heterocycles. The molecule has 0 spiro atoms. The zero-order valence-electron chi connectivity index (χ0n) is 6.50. The predicted octanol–water partition coefficient (Wildman–Crippen LogP) is 2.53. The van der Waals surface area contributed by atoms with Gasteiger partial charge in [0.15, 0.2) is 0 Å². The summed E-state index contributed by atoms with van der Waals surface area (Å²) >= 11 is 1.98. The van der Waals surface area contributed by atoms with Crippen molar-refractivity contribution in [3.8, 4) is 0 Å². The summed E-state index contributed by atoms with van der Waals surface area (Å²) in [5.41, 5.74) is 0.280. The Morgan fingerprint density at radius 2 is 2.23 bits per heavy atom. The normalized spacial score (nSPS) is 10.6. The van der Waals surface area contributed by atoms with Gasteiger partial charge in [0.25, 0.3) is 0 Å². The van der Waals surface area contributed by atoms with Crippen molar-refractivity contribution in [2.75, 3.05) is 0 Å². The highest BCUT2D eigenvalue weighted by Gasteiger charge is 1.98. The number of hydrogen-bond donors (Lipinski definition) is 1. The maximum atomic E-state index is 13.1. The van der Waals surface area contributed by atoms with Gasteiger partial charge in [-0.15, -0.1) is 0 Å². The SMILES string of the molecule is O=C(O)/C=C/c1ccc(I)cc1F. The number of benzene rings is 1. The van der Waals surface area contributed by atoms with E-state index in [-0.39, 0.29) is 5.56 Å². The monoisotopic (exact) mass is 292 g/mol. The van der Waals surface area contributed by atoms with Gasteiger partial charge in [0.1, 0.15) is 5.82 Å². The minimum atomic E-state index is -1.09. The quantitative estimate of drug-likeness (QED) is 0.672. The lowest BCUT2D eigenvalue weighted by molar-refractivity contribution is -0.131. The molecule has 0 amide bonds. The second-order valence-corrected chi connectivity index (χ2v) is 3.58. The van der Waals surface area contributed by atoms with Gasteiger partial charge in [-0.2, -0.15) is 0 Å². The van der Waals surface area contributed by atoms with Crippen LogP contribution in [-0.2, 0) is 4.79 Å². The molecule has 4 heteroatoms. The molecule has 0 fully saturated rings. The molecule has 0 aliphatic rings. The van der Waals surface area contributed by atoms with Crippen molar-refractivity contribution < 1.29 is 14.3 Å². The third kappa shape index (κ3) is 3.14. The number of rotatable bonds is 2. The minimum Gasteiger partial charge on any atom is -0.478 e. The van der Waals surface area contributed by atoms with Gasteiger partial charge in [0.05, 0.1) is 0 Å². The average molecular weight is 292 g/mol. The molecular formula is C9H6FIO2. The van der Waals surface area contributed by atoms with Crippen molar-refractivity contribution >= 4 is 34.6 Å². The van der Waals surface area contributed by atoms with Gasteiger partial charge < -0.3 is 5.11 Å². The summed E-state index contributed by atoms with van der Waals surface area (Å²) in [5.74, 6) is -1.50. The fourth-order valence-corrected chi connectivity index (χ4v) is 1.25. The van der Waals surface area contributed by atoms with Gasteiger partial charge in [-0.3, -0.25) is 0 Å². The fraction of sp³-hybridized carbons (Fsp3) is 0. The Morgan fingerprint density at radius 1 is 1.54 bits per heavy atom. The van der Waals surface area contributed by atoms with Gasteiger partial charge in [-0.25, -0.2) is 9.18 Å². The third-order valence-electron chi connectivity index (χ3n) is 1.37. The lowest BCUT2D eigenvalue weighted by Crippen LogP contribution is -1.88. The zero-order valence-corrected chi connectivity index (χ0v) is 8.66. The molecule has 1 aromatic carbocycles. The van der Waals surface area contributed by atoms with Crippen LogP contribution in [0.3, 0.4) is 0 Å². The first-order valence-electron chi connectivity index (χ1n) is 3.45. The Kier molecular flexibility index (Phi) is 3.41. The first-order valence-corrected chi connectivity index (χ1v) is 4.53. The summed E-state index contributed by atoms with van der Waals surface area (Å²) in [7, 11) is 0. The van der Waals surface area contributed by atoms with E-state index >= 15 is 0 Å². The summed E-state index contributed by atoms with van der Waals surface area (Å²) in [5, 5.41) is 8.31. The van der Waals surface area contributed by atoms with Gasteiger partial charge in [0.2, 0.25) is 0 Å². The van der Waals surface area contributed by atoms with E-state index in [1.54, 1.807) is 6.07 Å². The van der Waals surface area contributed by atoms with Crippen LogP contribution in [0.15, 0.2) is 24.3 Å². The lowest BCUT2D eigenvalue weighted by Gasteiger charge is -1.96. The molecule has 0 radical (unpaired) electrons. The highest BCUT2D eigenvalue weighted by atomic mass is 127. The highest BCUT2D eigenvalue weighted by Crippen LogP contribution is 2.13. The van der Waals surface area contributed by atoms with E-state index in [2.05, 4.69) is 0 Å². The molecule has 0 saturated heterocycles. The van der Waals surface area contributed by atoms with Crippen molar-refractivity contribution in [2.24, 2.45) is 0 Å². The standard InChI is InChI=1S/C9H6FIO2/c10-8-5-7(11)3-1-6(8)2-4-9(12)13/h1-5H,(H,12,13)/b4-2+. The lowest BCUT2D eigenvalue weighted by atomic mass is 10.2. The van der Waals surface area contributed by atoms with Gasteiger partial charge in [-0.05, 0) is 40.8 Å². The maximum absolute atomic E-state index is 13.1. The van der Waals surface area contributed by atoms with Crippen LogP contribution in [0.2, 0.25) is 0 Å². The van der Waals surface area contributed by atoms with Crippen molar-refractivity contribution in [1.82, 2.24) is 0 Å². The van der Waals surface area contributed by atoms with Gasteiger partial charge >= 0.3 is 5.97 Å². The molecule has 1 N–H and O–H groups in total. The van der Waals surface area contributed by atoms with E-state index in [4.69, 9.17) is 5.11 Å². The molecule has 0 aromatic heterocycles. The second-order valence-electron chi connectivity index (χ2n) is 2.34. The number of hydrogen-bond acceptors (Lipinski definition) is 1. The van der Waals surface area contributed by atoms with Gasteiger partial charge in [0, 0.05) is 15.2 Å². The van der Waals surface area contributed by atoms with Crippen LogP contribution < -0.4 is 0 Å². The highest BCUT2D eigenvalue weighted by molar-refractivity contribution is 14.1. The molecule has 1 rings (SSSR count). The van der Waals surface area contributed by atoms with E-state index in [0.29, 0.717) is 0 Å². The fourth-order valence-electron chi connectivity index (χ4n) is 0.798. The van der Waals surface area contributed by atoms with Gasteiger partial charge in [-0.1, -0.05) is 6.07 Å². The summed E-state index contributed by atoms with van der Waals surface area (Å²) in [6.07, 6.45) is 2.14. The van der Waals surface area contributed by atoms with Crippen LogP contribution in [0.5, 0.6) is 0 Å². The summed E-state index contributed by atoms with van der Waals surface area (Å²) in [6.45, 7) is 0. The molecule has 13 heavy (non-hydrogen) atoms. The minimum absolute atomic E-state index is 0.280. The third-order valence-corrected chi connectivity index (χ3v) is 2.04. The molecular weight excluding hydrogens is 286 g/mol. The molecule has 0 unspecified atom stereocenters. The molecule has 0 heterocycles. The van der Waals surface area contributed by atoms with E-state index in [1.165, 1.54) is 18.2 Å². The summed E-state index contributed by atoms with van der Waals surface area (Å²) < 4.78 is 13.8. The maximum Gasteiger partial charge on any atom is 0.328 e. The number of halogens is 2. The Balaban J connectivity index is 2.96. The topological polar surface area (TPSA) is 37.3 Å². The van der Waals surface area contributed by atoms with E-state index in [0.717, 1.165) is 9.65 Å². The van der Waals surface area contributed by atoms with Crippen LogP contribution in [0.25, 0.3) is 6.08 Å². The van der Waals surface area contributed by atoms with E-state index < -0.39 is 11.8 Å². The molecule has 1 aromatic rings. The van der Waals surface area contributed by atoms with Crippen molar-refractivity contribution in [1.29, 1.82) is 0 Å². The first-order chi connectivity index (χ1) is 6.09. The number of carbonyl (C=O) groups is 1. The summed E-state index contributed by atoms with van der Waals surface area (Å²) in [4.78, 5) is 10.1. The number of carboxylic acid groups (broad SMARTS) is 1. The molecule has 0 atom stereocenters. The molecule has 68 valence electrons. The average Bonchev–Trinajstić information content (AvgIpc) is 2.02. The Morgan fingerprint density at radius 3 is 2.77 bits per heavy atom. The molecule has 0 aliphatic carbocycles. The Hall–Kier alpha value is -0.910. The molecule has 0 saturated carbocycles. The van der Waals surface area contributed by atoms with Crippen LogP contribution in [0.1, 0.15) is 5.56 Å². The number of carboxylic acids is 1. The van der Waals surface area contributed by atoms with Crippen molar-refractivity contribution in [2.45, 2.75) is 0 Å². The van der Waals surface area contributed by atoms with E-state index in [1.807, 2.05) is 22.6 Å². The predicted molar refractivity (Wildman–Crippen MR) is 55.8 cm³/mol. The number of aliphatic carboxylic acids is 1.